The Morgan fingerprint density at radius 2 is 1.96 bits per heavy atom. The summed E-state index contributed by atoms with van der Waals surface area (Å²) in [4.78, 5) is 15.1. The third kappa shape index (κ3) is 4.75. The molecule has 1 saturated heterocycles. The van der Waals surface area contributed by atoms with E-state index in [2.05, 4.69) is 44.7 Å². The van der Waals surface area contributed by atoms with Crippen molar-refractivity contribution >= 4 is 5.91 Å². The van der Waals surface area contributed by atoms with Gasteiger partial charge in [-0.1, -0.05) is 32.9 Å². The first kappa shape index (κ1) is 19.8. The molecule has 0 saturated carbocycles. The Bertz CT molecular complexity index is 565. The highest BCUT2D eigenvalue weighted by Gasteiger charge is 2.38. The fourth-order valence-electron chi connectivity index (χ4n) is 3.87. The van der Waals surface area contributed by atoms with Gasteiger partial charge in [-0.05, 0) is 50.3 Å². The Kier molecular flexibility index (Phi) is 6.50. The van der Waals surface area contributed by atoms with Crippen LogP contribution in [0.2, 0.25) is 0 Å². The Labute approximate surface area is 152 Å². The highest BCUT2D eigenvalue weighted by molar-refractivity contribution is 5.77. The normalized spacial score (nSPS) is 21.0. The van der Waals surface area contributed by atoms with E-state index in [1.165, 1.54) is 5.56 Å². The van der Waals surface area contributed by atoms with E-state index in [-0.39, 0.29) is 23.6 Å². The van der Waals surface area contributed by atoms with Gasteiger partial charge in [-0.2, -0.15) is 0 Å². The minimum absolute atomic E-state index is 0.0669. The van der Waals surface area contributed by atoms with E-state index in [4.69, 9.17) is 9.47 Å². The van der Waals surface area contributed by atoms with Crippen LogP contribution in [-0.2, 0) is 9.53 Å². The molecule has 1 fully saturated rings. The molecule has 140 valence electrons. The number of ether oxygens (including phenoxy) is 2. The zero-order chi connectivity index (χ0) is 18.6. The van der Waals surface area contributed by atoms with E-state index in [0.717, 1.165) is 18.6 Å². The number of benzene rings is 1. The number of nitrogens with zero attached hydrogens (tertiary/aromatic N) is 1. The van der Waals surface area contributed by atoms with Gasteiger partial charge < -0.3 is 14.4 Å². The van der Waals surface area contributed by atoms with Gasteiger partial charge in [-0.3, -0.25) is 4.79 Å². The van der Waals surface area contributed by atoms with Crippen LogP contribution in [0.25, 0.3) is 0 Å². The van der Waals surface area contributed by atoms with Crippen LogP contribution in [0.3, 0.4) is 0 Å². The van der Waals surface area contributed by atoms with Gasteiger partial charge >= 0.3 is 0 Å². The van der Waals surface area contributed by atoms with Gasteiger partial charge in [0.2, 0.25) is 5.91 Å². The fraction of sp³-hybridized carbons (Fsp3) is 0.667. The van der Waals surface area contributed by atoms with E-state index in [9.17, 15) is 4.79 Å². The summed E-state index contributed by atoms with van der Waals surface area (Å²) in [6.07, 6.45) is 2.30. The summed E-state index contributed by atoms with van der Waals surface area (Å²) in [6.45, 7) is 11.3. The lowest BCUT2D eigenvalue weighted by molar-refractivity contribution is -0.145. The fourth-order valence-corrected chi connectivity index (χ4v) is 3.87. The highest BCUT2D eigenvalue weighted by atomic mass is 16.5. The van der Waals surface area contributed by atoms with Gasteiger partial charge in [-0.25, -0.2) is 0 Å². The second kappa shape index (κ2) is 8.22. The zero-order valence-corrected chi connectivity index (χ0v) is 16.5. The number of carbonyl (C=O) groups excluding carboxylic acids is 1. The van der Waals surface area contributed by atoms with Crippen LogP contribution in [0.15, 0.2) is 24.3 Å². The lowest BCUT2D eigenvalue weighted by atomic mass is 9.87. The number of rotatable bonds is 6. The Morgan fingerprint density at radius 1 is 1.32 bits per heavy atom. The molecule has 1 aliphatic heterocycles. The summed E-state index contributed by atoms with van der Waals surface area (Å²) in [6, 6.07) is 8.41. The van der Waals surface area contributed by atoms with Crippen molar-refractivity contribution < 1.29 is 14.3 Å². The van der Waals surface area contributed by atoms with Crippen molar-refractivity contribution in [2.75, 3.05) is 13.7 Å². The van der Waals surface area contributed by atoms with E-state index in [1.54, 1.807) is 7.11 Å². The molecule has 1 heterocycles. The maximum atomic E-state index is 12.9. The molecule has 0 aromatic heterocycles. The van der Waals surface area contributed by atoms with Crippen LogP contribution < -0.4 is 4.74 Å². The van der Waals surface area contributed by atoms with E-state index >= 15 is 0 Å². The van der Waals surface area contributed by atoms with Crippen LogP contribution in [-0.4, -0.2) is 36.2 Å². The SMILES string of the molecule is CCC(=O)N([C@@H]1CCOC(C)(C)C1)[C@@H](c1ccc(OC)cc1)C(C)C. The summed E-state index contributed by atoms with van der Waals surface area (Å²) in [5.41, 5.74) is 0.985. The minimum Gasteiger partial charge on any atom is -0.497 e. The molecule has 0 N–H and O–H groups in total. The van der Waals surface area contributed by atoms with Crippen LogP contribution in [0.5, 0.6) is 5.75 Å². The van der Waals surface area contributed by atoms with E-state index < -0.39 is 0 Å². The largest absolute Gasteiger partial charge is 0.497 e. The molecule has 1 aliphatic rings. The molecule has 4 heteroatoms. The van der Waals surface area contributed by atoms with Gasteiger partial charge in [0, 0.05) is 19.1 Å². The Morgan fingerprint density at radius 3 is 2.44 bits per heavy atom. The number of hydrogen-bond donors (Lipinski definition) is 0. The van der Waals surface area contributed by atoms with Gasteiger partial charge in [0.1, 0.15) is 5.75 Å². The molecular formula is C21H33NO3. The van der Waals surface area contributed by atoms with Crippen LogP contribution in [0, 0.1) is 5.92 Å². The summed E-state index contributed by atoms with van der Waals surface area (Å²) in [5, 5.41) is 0. The standard InChI is InChI=1S/C21H33NO3/c1-7-19(23)22(17-12-13-25-21(4,5)14-17)20(15(2)3)16-8-10-18(24-6)11-9-16/h8-11,15,17,20H,7,12-14H2,1-6H3/t17-,20-/m1/s1. The molecule has 1 aromatic carbocycles. The predicted molar refractivity (Wildman–Crippen MR) is 101 cm³/mol. The first-order valence-electron chi connectivity index (χ1n) is 9.38. The van der Waals surface area contributed by atoms with Crippen molar-refractivity contribution in [2.45, 2.75) is 71.6 Å². The molecule has 0 bridgehead atoms. The molecule has 1 amide bonds. The van der Waals surface area contributed by atoms with Gasteiger partial charge in [0.25, 0.3) is 0 Å². The second-order valence-corrected chi connectivity index (χ2v) is 7.87. The molecule has 2 atom stereocenters. The van der Waals surface area contributed by atoms with Crippen molar-refractivity contribution in [1.82, 2.24) is 4.90 Å². The quantitative estimate of drug-likeness (QED) is 0.755. The average molecular weight is 347 g/mol. The molecule has 0 unspecified atom stereocenters. The van der Waals surface area contributed by atoms with Gasteiger partial charge in [0.05, 0.1) is 18.8 Å². The first-order chi connectivity index (χ1) is 11.8. The minimum atomic E-state index is -0.184. The number of carbonyl (C=O) groups is 1. The number of hydrogen-bond acceptors (Lipinski definition) is 3. The van der Waals surface area contributed by atoms with Crippen molar-refractivity contribution in [3.63, 3.8) is 0 Å². The predicted octanol–water partition coefficient (Wildman–Crippen LogP) is 4.59. The van der Waals surface area contributed by atoms with E-state index in [1.807, 2.05) is 19.1 Å². The molecule has 4 nitrogen and oxygen atoms in total. The van der Waals surface area contributed by atoms with Crippen molar-refractivity contribution in [3.8, 4) is 5.75 Å². The van der Waals surface area contributed by atoms with Crippen molar-refractivity contribution in [1.29, 1.82) is 0 Å². The lowest BCUT2D eigenvalue weighted by Gasteiger charge is -2.46. The van der Waals surface area contributed by atoms with Gasteiger partial charge in [-0.15, -0.1) is 0 Å². The molecule has 0 radical (unpaired) electrons. The molecule has 25 heavy (non-hydrogen) atoms. The third-order valence-electron chi connectivity index (χ3n) is 5.04. The maximum absolute atomic E-state index is 12.9. The third-order valence-corrected chi connectivity index (χ3v) is 5.04. The number of methoxy groups -OCH3 is 1. The van der Waals surface area contributed by atoms with Crippen molar-refractivity contribution in [3.05, 3.63) is 29.8 Å². The van der Waals surface area contributed by atoms with Crippen molar-refractivity contribution in [2.24, 2.45) is 5.92 Å². The van der Waals surface area contributed by atoms with Crippen LogP contribution in [0.4, 0.5) is 0 Å². The summed E-state index contributed by atoms with van der Waals surface area (Å²) in [5.74, 6) is 1.39. The molecular weight excluding hydrogens is 314 g/mol. The average Bonchev–Trinajstić information content (AvgIpc) is 2.57. The Balaban J connectivity index is 2.38. The lowest BCUT2D eigenvalue weighted by Crippen LogP contribution is -2.50. The Hall–Kier alpha value is -1.55. The van der Waals surface area contributed by atoms with Crippen LogP contribution in [0.1, 0.15) is 65.5 Å². The monoisotopic (exact) mass is 347 g/mol. The van der Waals surface area contributed by atoms with E-state index in [0.29, 0.717) is 18.9 Å². The van der Waals surface area contributed by atoms with Gasteiger partial charge in [0.15, 0.2) is 0 Å². The summed E-state index contributed by atoms with van der Waals surface area (Å²) >= 11 is 0. The maximum Gasteiger partial charge on any atom is 0.223 e. The summed E-state index contributed by atoms with van der Waals surface area (Å²) in [7, 11) is 1.67. The molecule has 0 spiro atoms. The highest BCUT2D eigenvalue weighted by Crippen LogP contribution is 2.37. The first-order valence-corrected chi connectivity index (χ1v) is 9.38. The second-order valence-electron chi connectivity index (χ2n) is 7.87. The zero-order valence-electron chi connectivity index (χ0n) is 16.5. The smallest absolute Gasteiger partial charge is 0.223 e. The topological polar surface area (TPSA) is 38.8 Å². The molecule has 1 aromatic rings. The number of amides is 1. The summed E-state index contributed by atoms with van der Waals surface area (Å²) < 4.78 is 11.2. The molecule has 2 rings (SSSR count). The van der Waals surface area contributed by atoms with Crippen LogP contribution >= 0.6 is 0 Å². The molecule has 0 aliphatic carbocycles.